The Morgan fingerprint density at radius 1 is 1.19 bits per heavy atom. The number of ketones is 1. The van der Waals surface area contributed by atoms with Gasteiger partial charge in [-0.25, -0.2) is 4.79 Å². The average molecular weight is 283 g/mol. The van der Waals surface area contributed by atoms with Crippen LogP contribution in [0.2, 0.25) is 15.1 Å². The summed E-state index contributed by atoms with van der Waals surface area (Å²) in [6.45, 7) is -0.378. The molecule has 4 nitrogen and oxygen atoms in total. The zero-order valence-corrected chi connectivity index (χ0v) is 10.0. The van der Waals surface area contributed by atoms with Crippen molar-refractivity contribution in [2.24, 2.45) is 5.73 Å². The molecule has 0 aliphatic heterocycles. The number of carboxylic acid groups (broad SMARTS) is 1. The van der Waals surface area contributed by atoms with E-state index in [4.69, 9.17) is 45.6 Å². The smallest absolute Gasteiger partial charge is 0.338 e. The highest BCUT2D eigenvalue weighted by atomic mass is 35.5. The monoisotopic (exact) mass is 281 g/mol. The average Bonchev–Trinajstić information content (AvgIpc) is 2.21. The van der Waals surface area contributed by atoms with Gasteiger partial charge in [0.05, 0.1) is 32.7 Å². The first-order valence-corrected chi connectivity index (χ1v) is 5.17. The van der Waals surface area contributed by atoms with E-state index < -0.39 is 11.8 Å². The zero-order valence-electron chi connectivity index (χ0n) is 7.76. The van der Waals surface area contributed by atoms with Crippen molar-refractivity contribution < 1.29 is 14.7 Å². The van der Waals surface area contributed by atoms with Crippen molar-refractivity contribution in [1.29, 1.82) is 0 Å². The van der Waals surface area contributed by atoms with Crippen molar-refractivity contribution in [3.05, 3.63) is 32.3 Å². The molecule has 0 heterocycles. The number of hydrogen-bond acceptors (Lipinski definition) is 3. The van der Waals surface area contributed by atoms with Gasteiger partial charge < -0.3 is 10.8 Å². The summed E-state index contributed by atoms with van der Waals surface area (Å²) >= 11 is 17.1. The molecular formula is C9H6Cl3NO3. The van der Waals surface area contributed by atoms with Gasteiger partial charge in [-0.3, -0.25) is 4.79 Å². The van der Waals surface area contributed by atoms with Gasteiger partial charge in [0.25, 0.3) is 0 Å². The minimum absolute atomic E-state index is 0.00784. The van der Waals surface area contributed by atoms with Crippen LogP contribution < -0.4 is 5.73 Å². The van der Waals surface area contributed by atoms with Gasteiger partial charge in [0.2, 0.25) is 0 Å². The van der Waals surface area contributed by atoms with E-state index in [0.29, 0.717) is 0 Å². The predicted molar refractivity (Wildman–Crippen MR) is 61.8 cm³/mol. The highest BCUT2D eigenvalue weighted by Crippen LogP contribution is 2.34. The van der Waals surface area contributed by atoms with Gasteiger partial charge in [-0.05, 0) is 6.07 Å². The highest BCUT2D eigenvalue weighted by Gasteiger charge is 2.24. The van der Waals surface area contributed by atoms with E-state index in [-0.39, 0.29) is 32.7 Å². The van der Waals surface area contributed by atoms with Crippen molar-refractivity contribution in [2.75, 3.05) is 6.54 Å². The van der Waals surface area contributed by atoms with Crippen LogP contribution >= 0.6 is 34.8 Å². The Kier molecular flexibility index (Phi) is 4.15. The van der Waals surface area contributed by atoms with E-state index in [0.717, 1.165) is 0 Å². The number of carboxylic acids is 1. The van der Waals surface area contributed by atoms with Gasteiger partial charge in [0.15, 0.2) is 5.78 Å². The Hall–Kier alpha value is -0.810. The topological polar surface area (TPSA) is 80.4 Å². The fourth-order valence-electron chi connectivity index (χ4n) is 1.17. The van der Waals surface area contributed by atoms with Crippen LogP contribution in [-0.4, -0.2) is 23.4 Å². The molecule has 0 spiro atoms. The summed E-state index contributed by atoms with van der Waals surface area (Å²) < 4.78 is 0. The molecule has 0 aromatic heterocycles. The lowest BCUT2D eigenvalue weighted by Gasteiger charge is -2.09. The molecule has 0 aliphatic rings. The first kappa shape index (κ1) is 13.3. The molecule has 0 fully saturated rings. The van der Waals surface area contributed by atoms with E-state index in [9.17, 15) is 9.59 Å². The summed E-state index contributed by atoms with van der Waals surface area (Å²) in [4.78, 5) is 22.4. The van der Waals surface area contributed by atoms with Crippen molar-refractivity contribution in [2.45, 2.75) is 0 Å². The number of aromatic carboxylic acids is 1. The van der Waals surface area contributed by atoms with E-state index in [1.807, 2.05) is 0 Å². The molecule has 0 atom stereocenters. The fourth-order valence-corrected chi connectivity index (χ4v) is 1.97. The van der Waals surface area contributed by atoms with E-state index in [1.165, 1.54) is 6.07 Å². The molecule has 0 aliphatic carbocycles. The Balaban J connectivity index is 3.64. The van der Waals surface area contributed by atoms with Crippen LogP contribution in [-0.2, 0) is 0 Å². The van der Waals surface area contributed by atoms with Crippen LogP contribution in [0.4, 0.5) is 0 Å². The number of carbonyl (C=O) groups excluding carboxylic acids is 1. The minimum Gasteiger partial charge on any atom is -0.478 e. The van der Waals surface area contributed by atoms with E-state index in [2.05, 4.69) is 0 Å². The molecule has 0 amide bonds. The predicted octanol–water partition coefficient (Wildman–Crippen LogP) is 2.49. The molecule has 86 valence electrons. The third-order valence-electron chi connectivity index (χ3n) is 1.85. The molecule has 0 saturated heterocycles. The van der Waals surface area contributed by atoms with Crippen LogP contribution in [0.25, 0.3) is 0 Å². The third kappa shape index (κ3) is 2.30. The molecular weight excluding hydrogens is 276 g/mol. The molecule has 16 heavy (non-hydrogen) atoms. The molecule has 1 rings (SSSR count). The Morgan fingerprint density at radius 3 is 2.19 bits per heavy atom. The second-order valence-corrected chi connectivity index (χ2v) is 4.03. The van der Waals surface area contributed by atoms with Crippen molar-refractivity contribution in [3.8, 4) is 0 Å². The van der Waals surface area contributed by atoms with Gasteiger partial charge >= 0.3 is 5.97 Å². The second-order valence-electron chi connectivity index (χ2n) is 2.84. The number of Topliss-reactive ketones (excluding diaryl/α,β-unsaturated/α-hetero) is 1. The summed E-state index contributed by atoms with van der Waals surface area (Å²) in [5.74, 6) is -1.99. The van der Waals surface area contributed by atoms with Crippen molar-refractivity contribution >= 4 is 46.6 Å². The Labute approximate surface area is 106 Å². The maximum Gasteiger partial charge on any atom is 0.338 e. The van der Waals surface area contributed by atoms with Crippen molar-refractivity contribution in [3.63, 3.8) is 0 Å². The number of hydrogen-bond donors (Lipinski definition) is 2. The molecule has 0 saturated carbocycles. The Bertz CT molecular complexity index is 474. The highest BCUT2D eigenvalue weighted by molar-refractivity contribution is 6.46. The zero-order chi connectivity index (χ0) is 12.5. The van der Waals surface area contributed by atoms with E-state index in [1.54, 1.807) is 0 Å². The molecule has 0 bridgehead atoms. The van der Waals surface area contributed by atoms with E-state index >= 15 is 0 Å². The third-order valence-corrected chi connectivity index (χ3v) is 2.94. The SMILES string of the molecule is NCC(=O)c1c(Cl)c(Cl)cc(Cl)c1C(=O)O. The molecule has 0 unspecified atom stereocenters. The molecule has 1 aromatic carbocycles. The minimum atomic E-state index is -1.36. The van der Waals surface area contributed by atoms with Gasteiger partial charge in [0.1, 0.15) is 0 Å². The van der Waals surface area contributed by atoms with Crippen LogP contribution in [0.1, 0.15) is 20.7 Å². The largest absolute Gasteiger partial charge is 0.478 e. The van der Waals surface area contributed by atoms with Gasteiger partial charge in [0, 0.05) is 0 Å². The second kappa shape index (κ2) is 5.01. The number of nitrogens with two attached hydrogens (primary N) is 1. The summed E-state index contributed by atoms with van der Waals surface area (Å²) in [5, 5.41) is 8.63. The lowest BCUT2D eigenvalue weighted by Crippen LogP contribution is -2.18. The number of rotatable bonds is 3. The summed E-state index contributed by atoms with van der Waals surface area (Å²) in [5.41, 5.74) is 4.52. The molecule has 0 radical (unpaired) electrons. The fraction of sp³-hybridized carbons (Fsp3) is 0.111. The first-order valence-electron chi connectivity index (χ1n) is 4.04. The van der Waals surface area contributed by atoms with Crippen LogP contribution in [0.3, 0.4) is 0 Å². The van der Waals surface area contributed by atoms with Crippen LogP contribution in [0, 0.1) is 0 Å². The first-order chi connectivity index (χ1) is 7.40. The quantitative estimate of drug-likeness (QED) is 0.659. The maximum atomic E-state index is 11.5. The number of halogens is 3. The molecule has 3 N–H and O–H groups in total. The van der Waals surface area contributed by atoms with Gasteiger partial charge in [-0.15, -0.1) is 0 Å². The number of carbonyl (C=O) groups is 2. The van der Waals surface area contributed by atoms with Crippen LogP contribution in [0.15, 0.2) is 6.07 Å². The summed E-state index contributed by atoms with van der Waals surface area (Å²) in [7, 11) is 0. The summed E-state index contributed by atoms with van der Waals surface area (Å²) in [6, 6.07) is 1.17. The lowest BCUT2D eigenvalue weighted by molar-refractivity contribution is 0.0692. The van der Waals surface area contributed by atoms with Crippen molar-refractivity contribution in [1.82, 2.24) is 0 Å². The normalized spacial score (nSPS) is 10.2. The van der Waals surface area contributed by atoms with Gasteiger partial charge in [-0.2, -0.15) is 0 Å². The Morgan fingerprint density at radius 2 is 1.75 bits per heavy atom. The molecule has 7 heteroatoms. The van der Waals surface area contributed by atoms with Crippen LogP contribution in [0.5, 0.6) is 0 Å². The summed E-state index contributed by atoms with van der Waals surface area (Å²) in [6.07, 6.45) is 0. The van der Waals surface area contributed by atoms with Gasteiger partial charge in [-0.1, -0.05) is 34.8 Å². The molecule has 1 aromatic rings. The standard InChI is InChI=1S/C9H6Cl3NO3/c10-3-1-4(11)8(12)7(5(14)2-13)6(3)9(15)16/h1H,2,13H2,(H,15,16). The lowest BCUT2D eigenvalue weighted by atomic mass is 10.0. The number of benzene rings is 1. The maximum absolute atomic E-state index is 11.5.